The molecular formula is C30H42Cl2N4O3S. The molecule has 0 radical (unpaired) electrons. The van der Waals surface area contributed by atoms with Gasteiger partial charge < -0.3 is 19.3 Å². The molecule has 220 valence electrons. The van der Waals surface area contributed by atoms with Gasteiger partial charge in [0.05, 0.1) is 24.0 Å². The van der Waals surface area contributed by atoms with Gasteiger partial charge in [-0.05, 0) is 95.9 Å². The van der Waals surface area contributed by atoms with E-state index in [0.29, 0.717) is 19.1 Å². The molecule has 2 fully saturated rings. The molecule has 10 heteroatoms. The van der Waals surface area contributed by atoms with Crippen LogP contribution in [0.2, 0.25) is 0 Å². The molecule has 1 N–H and O–H groups in total. The molecule has 1 aromatic carbocycles. The van der Waals surface area contributed by atoms with Crippen molar-refractivity contribution in [1.82, 2.24) is 15.0 Å². The molecular weight excluding hydrogens is 567 g/mol. The predicted octanol–water partition coefficient (Wildman–Crippen LogP) is 6.44. The van der Waals surface area contributed by atoms with Crippen LogP contribution in [0, 0.1) is 23.2 Å². The predicted molar refractivity (Wildman–Crippen MR) is 165 cm³/mol. The van der Waals surface area contributed by atoms with Crippen LogP contribution in [0.15, 0.2) is 28.8 Å². The Hall–Kier alpha value is -1.86. The summed E-state index contributed by atoms with van der Waals surface area (Å²) in [6, 6.07) is 10.4. The van der Waals surface area contributed by atoms with Crippen LogP contribution >= 0.6 is 36.2 Å². The number of fused-ring (bicyclic) bond motifs is 1. The number of hydrogen-bond acceptors (Lipinski definition) is 8. The summed E-state index contributed by atoms with van der Waals surface area (Å²) in [5.41, 5.74) is 2.91. The van der Waals surface area contributed by atoms with Crippen molar-refractivity contribution >= 4 is 47.1 Å². The molecule has 1 saturated carbocycles. The van der Waals surface area contributed by atoms with Crippen LogP contribution in [-0.4, -0.2) is 60.0 Å². The molecule has 3 aromatic rings. The van der Waals surface area contributed by atoms with Crippen molar-refractivity contribution < 1.29 is 14.4 Å². The summed E-state index contributed by atoms with van der Waals surface area (Å²) >= 11 is 1.61. The monoisotopic (exact) mass is 608 g/mol. The minimum Gasteiger partial charge on any atom is -0.493 e. The zero-order valence-corrected chi connectivity index (χ0v) is 26.0. The fourth-order valence-electron chi connectivity index (χ4n) is 5.97. The molecule has 0 spiro atoms. The molecule has 0 amide bonds. The number of nitriles is 1. The van der Waals surface area contributed by atoms with Crippen molar-refractivity contribution in [3.63, 3.8) is 0 Å². The maximum absolute atomic E-state index is 10.4. The minimum absolute atomic E-state index is 0. The first-order valence-electron chi connectivity index (χ1n) is 14.1. The number of aromatic nitrogens is 1. The van der Waals surface area contributed by atoms with Crippen molar-refractivity contribution in [3.05, 3.63) is 45.3 Å². The third-order valence-corrected chi connectivity index (χ3v) is 9.19. The highest BCUT2D eigenvalue weighted by Gasteiger charge is 2.25. The molecule has 5 rings (SSSR count). The van der Waals surface area contributed by atoms with Gasteiger partial charge in [0.2, 0.25) is 0 Å². The SMILES string of the molecule is CN(C)Cc1c(OCC2CCCCC2O)ccc2c(CCC3CCN(Cc4ccc(C#N)s4)CC3)noc12.Cl.Cl. The van der Waals surface area contributed by atoms with Gasteiger partial charge in [-0.1, -0.05) is 18.0 Å². The number of benzene rings is 1. The minimum atomic E-state index is -0.263. The van der Waals surface area contributed by atoms with Gasteiger partial charge in [-0.2, -0.15) is 5.26 Å². The second kappa shape index (κ2) is 15.4. The molecule has 2 unspecified atom stereocenters. The zero-order valence-electron chi connectivity index (χ0n) is 23.5. The number of aliphatic hydroxyl groups is 1. The third-order valence-electron chi connectivity index (χ3n) is 8.22. The fraction of sp³-hybridized carbons (Fsp3) is 0.600. The summed E-state index contributed by atoms with van der Waals surface area (Å²) in [6.45, 7) is 4.42. The Labute approximate surface area is 254 Å². The fourth-order valence-corrected chi connectivity index (χ4v) is 6.82. The quantitative estimate of drug-likeness (QED) is 0.283. The Kier molecular flexibility index (Phi) is 12.6. The Bertz CT molecular complexity index is 1250. The number of halogens is 2. The highest BCUT2D eigenvalue weighted by Crippen LogP contribution is 2.34. The molecule has 7 nitrogen and oxygen atoms in total. The van der Waals surface area contributed by atoms with E-state index in [1.54, 1.807) is 11.3 Å². The van der Waals surface area contributed by atoms with E-state index >= 15 is 0 Å². The number of thiophene rings is 1. The molecule has 2 atom stereocenters. The van der Waals surface area contributed by atoms with Crippen molar-refractivity contribution in [2.75, 3.05) is 33.8 Å². The van der Waals surface area contributed by atoms with Crippen molar-refractivity contribution in [3.8, 4) is 11.8 Å². The van der Waals surface area contributed by atoms with Crippen LogP contribution < -0.4 is 4.74 Å². The van der Waals surface area contributed by atoms with Crippen LogP contribution in [0.4, 0.5) is 0 Å². The topological polar surface area (TPSA) is 85.8 Å². The Balaban J connectivity index is 0.00000220. The van der Waals surface area contributed by atoms with Crippen molar-refractivity contribution in [1.29, 1.82) is 5.26 Å². The van der Waals surface area contributed by atoms with Crippen molar-refractivity contribution in [2.24, 2.45) is 11.8 Å². The van der Waals surface area contributed by atoms with Gasteiger partial charge in [0, 0.05) is 29.3 Å². The average Bonchev–Trinajstić information content (AvgIpc) is 3.55. The van der Waals surface area contributed by atoms with E-state index in [1.807, 2.05) is 6.07 Å². The van der Waals surface area contributed by atoms with Gasteiger partial charge >= 0.3 is 0 Å². The summed E-state index contributed by atoms with van der Waals surface area (Å²) in [5, 5.41) is 25.0. The van der Waals surface area contributed by atoms with Gasteiger partial charge in [0.25, 0.3) is 0 Å². The number of aryl methyl sites for hydroxylation is 1. The van der Waals surface area contributed by atoms with Gasteiger partial charge in [-0.25, -0.2) is 0 Å². The second-order valence-corrected chi connectivity index (χ2v) is 12.5. The highest BCUT2D eigenvalue weighted by molar-refractivity contribution is 7.12. The molecule has 1 aliphatic heterocycles. The van der Waals surface area contributed by atoms with E-state index in [1.165, 1.54) is 17.7 Å². The van der Waals surface area contributed by atoms with E-state index in [-0.39, 0.29) is 36.8 Å². The highest BCUT2D eigenvalue weighted by atomic mass is 35.5. The number of likely N-dealkylation sites (tertiary alicyclic amines) is 1. The normalized spacial score (nSPS) is 20.2. The number of ether oxygens (including phenoxy) is 1. The lowest BCUT2D eigenvalue weighted by molar-refractivity contribution is 0.0419. The summed E-state index contributed by atoms with van der Waals surface area (Å²) in [4.78, 5) is 6.71. The number of aliphatic hydroxyl groups excluding tert-OH is 1. The van der Waals surface area contributed by atoms with Crippen LogP contribution in [0.3, 0.4) is 0 Å². The van der Waals surface area contributed by atoms with E-state index in [4.69, 9.17) is 14.5 Å². The third kappa shape index (κ3) is 8.12. The smallest absolute Gasteiger partial charge is 0.175 e. The maximum atomic E-state index is 10.4. The molecule has 0 bridgehead atoms. The Morgan fingerprint density at radius 3 is 2.60 bits per heavy atom. The Morgan fingerprint density at radius 1 is 1.12 bits per heavy atom. The summed E-state index contributed by atoms with van der Waals surface area (Å²) in [5.74, 6) is 1.73. The van der Waals surface area contributed by atoms with E-state index in [9.17, 15) is 5.11 Å². The number of nitrogens with zero attached hydrogens (tertiary/aromatic N) is 4. The first kappa shape index (κ1) is 32.7. The molecule has 1 saturated heterocycles. The lowest BCUT2D eigenvalue weighted by atomic mass is 9.87. The van der Waals surface area contributed by atoms with Gasteiger partial charge in [-0.3, -0.25) is 4.90 Å². The number of rotatable bonds is 10. The first-order chi connectivity index (χ1) is 18.5. The first-order valence-corrected chi connectivity index (χ1v) is 14.9. The van der Waals surface area contributed by atoms with Gasteiger partial charge in [0.15, 0.2) is 5.58 Å². The molecule has 40 heavy (non-hydrogen) atoms. The largest absolute Gasteiger partial charge is 0.493 e. The second-order valence-electron chi connectivity index (χ2n) is 11.3. The van der Waals surface area contributed by atoms with Gasteiger partial charge in [0.1, 0.15) is 16.7 Å². The zero-order chi connectivity index (χ0) is 26.5. The average molecular weight is 610 g/mol. The van der Waals surface area contributed by atoms with E-state index in [2.05, 4.69) is 53.3 Å². The Morgan fingerprint density at radius 2 is 1.90 bits per heavy atom. The number of piperidine rings is 1. The van der Waals surface area contributed by atoms with E-state index in [0.717, 1.165) is 91.0 Å². The molecule has 2 aliphatic rings. The number of hydrogen-bond donors (Lipinski definition) is 1. The van der Waals surface area contributed by atoms with Crippen LogP contribution in [0.25, 0.3) is 11.0 Å². The van der Waals surface area contributed by atoms with Crippen LogP contribution in [-0.2, 0) is 19.5 Å². The van der Waals surface area contributed by atoms with E-state index < -0.39 is 0 Å². The lowest BCUT2D eigenvalue weighted by Crippen LogP contribution is -2.33. The van der Waals surface area contributed by atoms with Crippen LogP contribution in [0.5, 0.6) is 5.75 Å². The maximum Gasteiger partial charge on any atom is 0.175 e. The standard InChI is InChI=1S/C30H40N4O3S.2ClH/c1-33(2)19-26-29(36-20-22-5-3-4-6-28(22)35)12-10-25-27(32-37-30(25)26)11-7-21-13-15-34(16-14-21)18-24-9-8-23(17-31)38-24;;/h8-10,12,21-22,28,35H,3-7,11,13-16,18-20H2,1-2H3;2*1H. The lowest BCUT2D eigenvalue weighted by Gasteiger charge is -2.31. The molecule has 2 aromatic heterocycles. The molecule has 3 heterocycles. The molecule has 1 aliphatic carbocycles. The van der Waals surface area contributed by atoms with Crippen molar-refractivity contribution in [2.45, 2.75) is 70.6 Å². The van der Waals surface area contributed by atoms with Crippen LogP contribution in [0.1, 0.15) is 66.0 Å². The van der Waals surface area contributed by atoms with Gasteiger partial charge in [-0.15, -0.1) is 36.2 Å². The summed E-state index contributed by atoms with van der Waals surface area (Å²) < 4.78 is 12.2. The summed E-state index contributed by atoms with van der Waals surface area (Å²) in [7, 11) is 4.11. The summed E-state index contributed by atoms with van der Waals surface area (Å²) in [6.07, 6.45) is 8.34.